The molecule has 5 heteroatoms. The molecule has 0 radical (unpaired) electrons. The van der Waals surface area contributed by atoms with Crippen LogP contribution in [0.1, 0.15) is 24.0 Å². The smallest absolute Gasteiger partial charge is 0.207 e. The summed E-state index contributed by atoms with van der Waals surface area (Å²) in [5, 5.41) is 0.568. The van der Waals surface area contributed by atoms with Crippen molar-refractivity contribution >= 4 is 21.6 Å². The molecule has 0 unspecified atom stereocenters. The summed E-state index contributed by atoms with van der Waals surface area (Å²) >= 11 is 5.96. The highest BCUT2D eigenvalue weighted by Crippen LogP contribution is 2.46. The van der Waals surface area contributed by atoms with E-state index in [9.17, 15) is 8.42 Å². The molecular formula is C16H16ClNO2S. The maximum absolute atomic E-state index is 12.6. The first-order valence-electron chi connectivity index (χ1n) is 6.79. The maximum Gasteiger partial charge on any atom is 0.241 e. The highest BCUT2D eigenvalue weighted by molar-refractivity contribution is 7.89. The predicted molar refractivity (Wildman–Crippen MR) is 83.9 cm³/mol. The molecule has 0 spiro atoms. The molecule has 1 fully saturated rings. The van der Waals surface area contributed by atoms with Crippen molar-refractivity contribution in [3.05, 3.63) is 64.7 Å². The van der Waals surface area contributed by atoms with Gasteiger partial charge in [0.05, 0.1) is 10.4 Å². The van der Waals surface area contributed by atoms with Crippen LogP contribution in [0.25, 0.3) is 0 Å². The first-order valence-corrected chi connectivity index (χ1v) is 8.65. The Morgan fingerprint density at radius 1 is 1.10 bits per heavy atom. The normalized spacial score (nSPS) is 16.7. The van der Waals surface area contributed by atoms with Crippen molar-refractivity contribution in [1.29, 1.82) is 0 Å². The lowest BCUT2D eigenvalue weighted by Crippen LogP contribution is -2.34. The molecule has 2 aromatic rings. The van der Waals surface area contributed by atoms with Crippen molar-refractivity contribution in [3.8, 4) is 0 Å². The van der Waals surface area contributed by atoms with E-state index < -0.39 is 15.6 Å². The molecule has 2 aromatic carbocycles. The van der Waals surface area contributed by atoms with Crippen molar-refractivity contribution in [1.82, 2.24) is 4.72 Å². The second-order valence-electron chi connectivity index (χ2n) is 5.46. The van der Waals surface area contributed by atoms with E-state index in [-0.39, 0.29) is 4.90 Å². The van der Waals surface area contributed by atoms with E-state index in [0.717, 1.165) is 24.0 Å². The van der Waals surface area contributed by atoms with Gasteiger partial charge in [0, 0.05) is 5.02 Å². The highest BCUT2D eigenvalue weighted by atomic mass is 35.5. The fourth-order valence-electron chi connectivity index (χ4n) is 2.43. The Labute approximate surface area is 130 Å². The zero-order chi connectivity index (χ0) is 15.1. The van der Waals surface area contributed by atoms with Gasteiger partial charge in [0.2, 0.25) is 10.0 Å². The maximum atomic E-state index is 12.6. The van der Waals surface area contributed by atoms with Crippen LogP contribution in [0.2, 0.25) is 5.02 Å². The first-order chi connectivity index (χ1) is 9.93. The largest absolute Gasteiger partial charge is 0.241 e. The van der Waals surface area contributed by atoms with Crippen LogP contribution >= 0.6 is 11.6 Å². The number of sulfonamides is 1. The molecule has 0 saturated heterocycles. The van der Waals surface area contributed by atoms with Crippen LogP contribution in [0.15, 0.2) is 53.4 Å². The third kappa shape index (κ3) is 2.84. The molecular weight excluding hydrogens is 306 g/mol. The predicted octanol–water partition coefficient (Wildman–Crippen LogP) is 3.62. The average molecular weight is 322 g/mol. The van der Waals surface area contributed by atoms with Crippen molar-refractivity contribution < 1.29 is 8.42 Å². The van der Waals surface area contributed by atoms with Crippen LogP contribution in [0, 0.1) is 6.92 Å². The molecule has 21 heavy (non-hydrogen) atoms. The van der Waals surface area contributed by atoms with E-state index in [1.54, 1.807) is 25.1 Å². The van der Waals surface area contributed by atoms with Crippen LogP contribution < -0.4 is 4.72 Å². The van der Waals surface area contributed by atoms with Gasteiger partial charge in [-0.05, 0) is 49.1 Å². The molecule has 3 nitrogen and oxygen atoms in total. The van der Waals surface area contributed by atoms with Crippen molar-refractivity contribution in [3.63, 3.8) is 0 Å². The number of aryl methyl sites for hydroxylation is 1. The van der Waals surface area contributed by atoms with E-state index in [4.69, 9.17) is 11.6 Å². The summed E-state index contributed by atoms with van der Waals surface area (Å²) < 4.78 is 28.0. The fraction of sp³-hybridized carbons (Fsp3) is 0.250. The first kappa shape index (κ1) is 14.6. The van der Waals surface area contributed by atoms with Gasteiger partial charge < -0.3 is 0 Å². The number of hydrogen-bond donors (Lipinski definition) is 1. The molecule has 1 N–H and O–H groups in total. The SMILES string of the molecule is Cc1cc(S(=O)(=O)NC2(c3ccccc3)CC2)ccc1Cl. The zero-order valence-electron chi connectivity index (χ0n) is 11.6. The van der Waals surface area contributed by atoms with Crippen molar-refractivity contribution in [2.75, 3.05) is 0 Å². The van der Waals surface area contributed by atoms with Gasteiger partial charge in [-0.3, -0.25) is 0 Å². The minimum absolute atomic E-state index is 0.256. The molecule has 0 atom stereocenters. The van der Waals surface area contributed by atoms with Crippen LogP contribution in [-0.4, -0.2) is 8.42 Å². The Morgan fingerprint density at radius 2 is 1.76 bits per heavy atom. The molecule has 1 aliphatic rings. The summed E-state index contributed by atoms with van der Waals surface area (Å²) in [5.74, 6) is 0. The monoisotopic (exact) mass is 321 g/mol. The van der Waals surface area contributed by atoms with E-state index in [1.807, 2.05) is 30.3 Å². The Morgan fingerprint density at radius 3 is 2.33 bits per heavy atom. The van der Waals surface area contributed by atoms with Gasteiger partial charge in [-0.15, -0.1) is 0 Å². The molecule has 1 aliphatic carbocycles. The molecule has 110 valence electrons. The second-order valence-corrected chi connectivity index (χ2v) is 7.55. The van der Waals surface area contributed by atoms with Gasteiger partial charge in [0.15, 0.2) is 0 Å². The highest BCUT2D eigenvalue weighted by Gasteiger charge is 2.47. The van der Waals surface area contributed by atoms with Gasteiger partial charge in [-0.1, -0.05) is 41.9 Å². The van der Waals surface area contributed by atoms with Crippen LogP contribution in [0.3, 0.4) is 0 Å². The summed E-state index contributed by atoms with van der Waals surface area (Å²) in [5.41, 5.74) is 1.32. The lowest BCUT2D eigenvalue weighted by molar-refractivity contribution is 0.551. The average Bonchev–Trinajstić information content (AvgIpc) is 3.23. The second kappa shape index (κ2) is 5.13. The summed E-state index contributed by atoms with van der Waals surface area (Å²) in [7, 11) is -3.55. The molecule has 0 bridgehead atoms. The van der Waals surface area contributed by atoms with Crippen LogP contribution in [-0.2, 0) is 15.6 Å². The Hall–Kier alpha value is -1.36. The van der Waals surface area contributed by atoms with E-state index in [2.05, 4.69) is 4.72 Å². The summed E-state index contributed by atoms with van der Waals surface area (Å²) in [4.78, 5) is 0.256. The van der Waals surface area contributed by atoms with Crippen LogP contribution in [0.4, 0.5) is 0 Å². The molecule has 0 aliphatic heterocycles. The quantitative estimate of drug-likeness (QED) is 0.935. The van der Waals surface area contributed by atoms with E-state index >= 15 is 0 Å². The molecule has 0 aromatic heterocycles. The topological polar surface area (TPSA) is 46.2 Å². The number of halogens is 1. The Balaban J connectivity index is 1.92. The van der Waals surface area contributed by atoms with Gasteiger partial charge in [0.1, 0.15) is 0 Å². The Bertz CT molecular complexity index is 768. The summed E-state index contributed by atoms with van der Waals surface area (Å²) in [6.45, 7) is 1.80. The third-order valence-electron chi connectivity index (χ3n) is 3.85. The van der Waals surface area contributed by atoms with E-state index in [0.29, 0.717) is 5.02 Å². The molecule has 0 amide bonds. The Kier molecular flexibility index (Phi) is 3.56. The minimum atomic E-state index is -3.55. The van der Waals surface area contributed by atoms with Gasteiger partial charge in [-0.25, -0.2) is 13.1 Å². The van der Waals surface area contributed by atoms with Crippen LogP contribution in [0.5, 0.6) is 0 Å². The number of hydrogen-bond acceptors (Lipinski definition) is 2. The minimum Gasteiger partial charge on any atom is -0.207 e. The summed E-state index contributed by atoms with van der Waals surface area (Å²) in [6.07, 6.45) is 1.64. The van der Waals surface area contributed by atoms with Gasteiger partial charge in [0.25, 0.3) is 0 Å². The lowest BCUT2D eigenvalue weighted by Gasteiger charge is -2.18. The van der Waals surface area contributed by atoms with Crippen molar-refractivity contribution in [2.45, 2.75) is 30.2 Å². The molecule has 0 heterocycles. The summed E-state index contributed by atoms with van der Waals surface area (Å²) in [6, 6.07) is 14.5. The van der Waals surface area contributed by atoms with Crippen molar-refractivity contribution in [2.24, 2.45) is 0 Å². The third-order valence-corrected chi connectivity index (χ3v) is 5.80. The fourth-order valence-corrected chi connectivity index (χ4v) is 4.08. The molecule has 3 rings (SSSR count). The number of benzene rings is 2. The number of nitrogens with one attached hydrogen (secondary N) is 1. The number of rotatable bonds is 4. The standard InChI is InChI=1S/C16H16ClNO2S/c1-12-11-14(7-8-15(12)17)21(19,20)18-16(9-10-16)13-5-3-2-4-6-13/h2-8,11,18H,9-10H2,1H3. The van der Waals surface area contributed by atoms with Gasteiger partial charge >= 0.3 is 0 Å². The van der Waals surface area contributed by atoms with E-state index in [1.165, 1.54) is 0 Å². The molecule has 1 saturated carbocycles. The van der Waals surface area contributed by atoms with Gasteiger partial charge in [-0.2, -0.15) is 0 Å². The zero-order valence-corrected chi connectivity index (χ0v) is 13.2. The lowest BCUT2D eigenvalue weighted by atomic mass is 10.1.